The van der Waals surface area contributed by atoms with Crippen molar-refractivity contribution >= 4 is 23.4 Å². The Morgan fingerprint density at radius 2 is 2.00 bits per heavy atom. The summed E-state index contributed by atoms with van der Waals surface area (Å²) in [5, 5.41) is 0. The normalized spacial score (nSPS) is 14.3. The minimum absolute atomic E-state index is 0.724. The minimum atomic E-state index is 0.724. The predicted molar refractivity (Wildman–Crippen MR) is 87.6 cm³/mol. The Labute approximate surface area is 128 Å². The number of imidazole rings is 1. The Kier molecular flexibility index (Phi) is 2.93. The molecule has 0 unspecified atom stereocenters. The van der Waals surface area contributed by atoms with Gasteiger partial charge in [0.2, 0.25) is 0 Å². The van der Waals surface area contributed by atoms with E-state index in [1.54, 1.807) is 0 Å². The Balaban J connectivity index is 2.05. The third-order valence-corrected chi connectivity index (χ3v) is 4.57. The average Bonchev–Trinajstić information content (AvgIpc) is 2.82. The Hall–Kier alpha value is -1.94. The van der Waals surface area contributed by atoms with Gasteiger partial charge >= 0.3 is 0 Å². The number of aromatic amines is 1. The molecular weight excluding hydrogens is 278 g/mol. The van der Waals surface area contributed by atoms with Gasteiger partial charge in [-0.2, -0.15) is 0 Å². The molecule has 0 radical (unpaired) electrons. The van der Waals surface area contributed by atoms with Crippen LogP contribution in [0.5, 0.6) is 0 Å². The van der Waals surface area contributed by atoms with Crippen LogP contribution in [0.1, 0.15) is 29.7 Å². The Morgan fingerprint density at radius 1 is 1.14 bits per heavy atom. The van der Waals surface area contributed by atoms with E-state index in [1.165, 1.54) is 36.1 Å². The maximum absolute atomic E-state index is 5.55. The van der Waals surface area contributed by atoms with Crippen LogP contribution in [0.15, 0.2) is 30.3 Å². The standard InChI is InChI=1S/C17H17N3S/c1-11-9-10-14-16(18-11)20(17(21)19-14)15-8-4-6-12-5-2-3-7-13(12)15/h4,6,8-10H,2-3,5,7H2,1H3,(H,19,21). The molecule has 0 saturated heterocycles. The lowest BCUT2D eigenvalue weighted by Crippen LogP contribution is -2.08. The molecule has 0 aliphatic heterocycles. The molecule has 1 aliphatic carbocycles. The number of nitrogens with zero attached hydrogens (tertiary/aromatic N) is 2. The van der Waals surface area contributed by atoms with Gasteiger partial charge in [0.25, 0.3) is 0 Å². The topological polar surface area (TPSA) is 33.6 Å². The van der Waals surface area contributed by atoms with Crippen molar-refractivity contribution in [3.63, 3.8) is 0 Å². The molecule has 0 bridgehead atoms. The van der Waals surface area contributed by atoms with Gasteiger partial charge in [-0.05, 0) is 74.2 Å². The monoisotopic (exact) mass is 295 g/mol. The SMILES string of the molecule is Cc1ccc2[nH]c(=S)n(-c3cccc4c3CCCC4)c2n1. The van der Waals surface area contributed by atoms with Crippen molar-refractivity contribution in [2.24, 2.45) is 0 Å². The average molecular weight is 295 g/mol. The number of nitrogens with one attached hydrogen (secondary N) is 1. The van der Waals surface area contributed by atoms with Crippen LogP contribution in [-0.2, 0) is 12.8 Å². The molecule has 2 aromatic heterocycles. The predicted octanol–water partition coefficient (Wildman–Crippen LogP) is 4.27. The smallest absolute Gasteiger partial charge is 0.184 e. The third kappa shape index (κ3) is 2.02. The largest absolute Gasteiger partial charge is 0.329 e. The molecule has 0 atom stereocenters. The molecule has 0 saturated carbocycles. The molecule has 4 heteroatoms. The van der Waals surface area contributed by atoms with Gasteiger partial charge in [-0.15, -0.1) is 0 Å². The number of aryl methyl sites for hydroxylation is 2. The highest BCUT2D eigenvalue weighted by Crippen LogP contribution is 2.29. The molecule has 3 nitrogen and oxygen atoms in total. The lowest BCUT2D eigenvalue weighted by atomic mass is 9.90. The summed E-state index contributed by atoms with van der Waals surface area (Å²) in [7, 11) is 0. The van der Waals surface area contributed by atoms with Crippen molar-refractivity contribution < 1.29 is 0 Å². The van der Waals surface area contributed by atoms with Gasteiger partial charge in [0.1, 0.15) is 0 Å². The van der Waals surface area contributed by atoms with Crippen molar-refractivity contribution in [2.45, 2.75) is 32.6 Å². The molecule has 2 heterocycles. The molecule has 4 rings (SSSR count). The molecule has 0 spiro atoms. The molecule has 1 aromatic carbocycles. The maximum Gasteiger partial charge on any atom is 0.184 e. The van der Waals surface area contributed by atoms with Crippen LogP contribution in [0.4, 0.5) is 0 Å². The van der Waals surface area contributed by atoms with Crippen molar-refractivity contribution in [3.8, 4) is 5.69 Å². The number of H-pyrrole nitrogens is 1. The highest BCUT2D eigenvalue weighted by atomic mass is 32.1. The number of hydrogen-bond acceptors (Lipinski definition) is 2. The van der Waals surface area contributed by atoms with Crippen molar-refractivity contribution in [3.05, 3.63) is 51.9 Å². The fourth-order valence-corrected chi connectivity index (χ4v) is 3.57. The summed E-state index contributed by atoms with van der Waals surface area (Å²) in [5.41, 5.74) is 7.03. The van der Waals surface area contributed by atoms with Gasteiger partial charge in [-0.25, -0.2) is 4.98 Å². The summed E-state index contributed by atoms with van der Waals surface area (Å²) in [6.07, 6.45) is 4.84. The second-order valence-electron chi connectivity index (χ2n) is 5.71. The summed E-state index contributed by atoms with van der Waals surface area (Å²) in [6, 6.07) is 10.6. The highest BCUT2D eigenvalue weighted by Gasteiger charge is 2.16. The van der Waals surface area contributed by atoms with Crippen molar-refractivity contribution in [1.82, 2.24) is 14.5 Å². The number of aromatic nitrogens is 3. The number of benzene rings is 1. The highest BCUT2D eigenvalue weighted by molar-refractivity contribution is 7.71. The van der Waals surface area contributed by atoms with Gasteiger partial charge in [0, 0.05) is 5.69 Å². The molecule has 3 aromatic rings. The van der Waals surface area contributed by atoms with Crippen LogP contribution < -0.4 is 0 Å². The van der Waals surface area contributed by atoms with E-state index in [1.807, 2.05) is 13.0 Å². The van der Waals surface area contributed by atoms with Gasteiger partial charge in [0.05, 0.1) is 11.2 Å². The molecule has 0 amide bonds. The van der Waals surface area contributed by atoms with Gasteiger partial charge in [-0.3, -0.25) is 4.57 Å². The zero-order valence-corrected chi connectivity index (χ0v) is 12.8. The van der Waals surface area contributed by atoms with Crippen LogP contribution in [0.25, 0.3) is 16.9 Å². The second-order valence-corrected chi connectivity index (χ2v) is 6.10. The Morgan fingerprint density at radius 3 is 2.90 bits per heavy atom. The minimum Gasteiger partial charge on any atom is -0.329 e. The molecule has 0 fully saturated rings. The van der Waals surface area contributed by atoms with E-state index in [0.717, 1.165) is 28.0 Å². The molecule has 21 heavy (non-hydrogen) atoms. The van der Waals surface area contributed by atoms with E-state index in [2.05, 4.69) is 38.8 Å². The van der Waals surface area contributed by atoms with E-state index in [0.29, 0.717) is 0 Å². The molecule has 1 N–H and O–H groups in total. The first-order valence-electron chi connectivity index (χ1n) is 7.43. The lowest BCUT2D eigenvalue weighted by molar-refractivity contribution is 0.681. The summed E-state index contributed by atoms with van der Waals surface area (Å²) >= 11 is 5.55. The van der Waals surface area contributed by atoms with Crippen molar-refractivity contribution in [1.29, 1.82) is 0 Å². The number of fused-ring (bicyclic) bond motifs is 2. The number of rotatable bonds is 1. The quantitative estimate of drug-likeness (QED) is 0.680. The first-order valence-corrected chi connectivity index (χ1v) is 7.84. The third-order valence-electron chi connectivity index (χ3n) is 4.28. The first-order chi connectivity index (χ1) is 10.2. The fraction of sp³-hybridized carbons (Fsp3) is 0.294. The van der Waals surface area contributed by atoms with Crippen LogP contribution >= 0.6 is 12.2 Å². The van der Waals surface area contributed by atoms with Crippen LogP contribution in [-0.4, -0.2) is 14.5 Å². The van der Waals surface area contributed by atoms with E-state index >= 15 is 0 Å². The molecular formula is C17H17N3S. The summed E-state index contributed by atoms with van der Waals surface area (Å²) < 4.78 is 2.82. The zero-order chi connectivity index (χ0) is 14.4. The van der Waals surface area contributed by atoms with Crippen molar-refractivity contribution in [2.75, 3.05) is 0 Å². The second kappa shape index (κ2) is 4.81. The van der Waals surface area contributed by atoms with Gasteiger partial charge in [0.15, 0.2) is 10.4 Å². The van der Waals surface area contributed by atoms with Gasteiger partial charge in [-0.1, -0.05) is 12.1 Å². The van der Waals surface area contributed by atoms with E-state index in [9.17, 15) is 0 Å². The van der Waals surface area contributed by atoms with Gasteiger partial charge < -0.3 is 4.98 Å². The Bertz CT molecular complexity index is 889. The van der Waals surface area contributed by atoms with E-state index < -0.39 is 0 Å². The lowest BCUT2D eigenvalue weighted by Gasteiger charge is -2.19. The summed E-state index contributed by atoms with van der Waals surface area (Å²) in [5.74, 6) is 0. The molecule has 106 valence electrons. The summed E-state index contributed by atoms with van der Waals surface area (Å²) in [6.45, 7) is 2.01. The zero-order valence-electron chi connectivity index (χ0n) is 12.0. The van der Waals surface area contributed by atoms with E-state index in [-0.39, 0.29) is 0 Å². The fourth-order valence-electron chi connectivity index (χ4n) is 3.27. The van der Waals surface area contributed by atoms with Crippen LogP contribution in [0.2, 0.25) is 0 Å². The number of hydrogen-bond donors (Lipinski definition) is 1. The maximum atomic E-state index is 5.55. The van der Waals surface area contributed by atoms with Crippen LogP contribution in [0, 0.1) is 11.7 Å². The first kappa shape index (κ1) is 12.8. The number of pyridine rings is 1. The molecule has 1 aliphatic rings. The summed E-state index contributed by atoms with van der Waals surface area (Å²) in [4.78, 5) is 7.96. The van der Waals surface area contributed by atoms with Crippen LogP contribution in [0.3, 0.4) is 0 Å². The van der Waals surface area contributed by atoms with E-state index in [4.69, 9.17) is 12.2 Å².